The molecule has 2 saturated heterocycles. The molecule has 2 aliphatic heterocycles. The maximum absolute atomic E-state index is 11.6. The van der Waals surface area contributed by atoms with Gasteiger partial charge in [-0.05, 0) is 50.1 Å². The van der Waals surface area contributed by atoms with E-state index in [1.165, 1.54) is 21.7 Å². The van der Waals surface area contributed by atoms with Gasteiger partial charge in [0.15, 0.2) is 0 Å². The minimum Gasteiger partial charge on any atom is -0.369 e. The molecule has 0 radical (unpaired) electrons. The normalized spacial score (nSPS) is 19.4. The molecule has 2 amide bonds. The van der Waals surface area contributed by atoms with Crippen molar-refractivity contribution in [3.63, 3.8) is 0 Å². The summed E-state index contributed by atoms with van der Waals surface area (Å²) in [5.41, 5.74) is 3.99. The molecule has 2 heterocycles. The van der Waals surface area contributed by atoms with Crippen molar-refractivity contribution in [1.29, 1.82) is 0 Å². The van der Waals surface area contributed by atoms with Gasteiger partial charge < -0.3 is 4.90 Å². The fraction of sp³-hybridized carbons (Fsp3) is 0.579. The number of imide groups is 1. The van der Waals surface area contributed by atoms with Crippen LogP contribution in [0.2, 0.25) is 0 Å². The van der Waals surface area contributed by atoms with Crippen molar-refractivity contribution >= 4 is 17.5 Å². The number of anilines is 1. The summed E-state index contributed by atoms with van der Waals surface area (Å²) in [6, 6.07) is 6.68. The van der Waals surface area contributed by atoms with Crippen LogP contribution in [0, 0.1) is 13.8 Å². The Bertz CT molecular complexity index is 605. The first kappa shape index (κ1) is 17.0. The predicted octanol–water partition coefficient (Wildman–Crippen LogP) is 1.96. The largest absolute Gasteiger partial charge is 0.369 e. The number of hydrogen-bond acceptors (Lipinski definition) is 4. The molecule has 24 heavy (non-hydrogen) atoms. The Kier molecular flexibility index (Phi) is 5.19. The minimum atomic E-state index is -0.000407. The quantitative estimate of drug-likeness (QED) is 0.775. The summed E-state index contributed by atoms with van der Waals surface area (Å²) in [7, 11) is 0. The summed E-state index contributed by atoms with van der Waals surface area (Å²) in [5.74, 6) is -0.000815. The second kappa shape index (κ2) is 7.34. The number of aryl methyl sites for hydroxylation is 2. The van der Waals surface area contributed by atoms with Crippen molar-refractivity contribution in [3.05, 3.63) is 29.3 Å². The minimum absolute atomic E-state index is 0.000407. The Morgan fingerprint density at radius 1 is 0.875 bits per heavy atom. The van der Waals surface area contributed by atoms with Gasteiger partial charge in [-0.2, -0.15) is 0 Å². The zero-order valence-electron chi connectivity index (χ0n) is 14.8. The van der Waals surface area contributed by atoms with Crippen molar-refractivity contribution in [1.82, 2.24) is 9.80 Å². The number of hydrogen-bond donors (Lipinski definition) is 0. The summed E-state index contributed by atoms with van der Waals surface area (Å²) < 4.78 is 0. The molecule has 2 aliphatic rings. The maximum atomic E-state index is 11.6. The molecular formula is C19H27N3O2. The summed E-state index contributed by atoms with van der Waals surface area (Å²) >= 11 is 0. The Labute approximate surface area is 144 Å². The van der Waals surface area contributed by atoms with Gasteiger partial charge in [0.1, 0.15) is 0 Å². The van der Waals surface area contributed by atoms with E-state index in [0.29, 0.717) is 19.4 Å². The van der Waals surface area contributed by atoms with Crippen molar-refractivity contribution in [2.24, 2.45) is 0 Å². The predicted molar refractivity (Wildman–Crippen MR) is 95.1 cm³/mol. The van der Waals surface area contributed by atoms with E-state index in [-0.39, 0.29) is 11.8 Å². The summed E-state index contributed by atoms with van der Waals surface area (Å²) in [6.45, 7) is 9.98. The highest BCUT2D eigenvalue weighted by molar-refractivity contribution is 6.01. The Morgan fingerprint density at radius 3 is 2.17 bits per heavy atom. The van der Waals surface area contributed by atoms with Crippen LogP contribution in [0.3, 0.4) is 0 Å². The molecule has 0 N–H and O–H groups in total. The lowest BCUT2D eigenvalue weighted by molar-refractivity contribution is -0.138. The molecule has 0 bridgehead atoms. The molecule has 0 aromatic heterocycles. The second-order valence-corrected chi connectivity index (χ2v) is 6.89. The molecule has 0 aliphatic carbocycles. The first-order valence-corrected chi connectivity index (χ1v) is 8.92. The third kappa shape index (κ3) is 3.78. The van der Waals surface area contributed by atoms with Crippen LogP contribution in [0.25, 0.3) is 0 Å². The van der Waals surface area contributed by atoms with Gasteiger partial charge >= 0.3 is 0 Å². The third-order valence-corrected chi connectivity index (χ3v) is 5.24. The van der Waals surface area contributed by atoms with Gasteiger partial charge in [-0.3, -0.25) is 19.4 Å². The average Bonchev–Trinajstić information content (AvgIpc) is 2.90. The van der Waals surface area contributed by atoms with Crippen LogP contribution in [-0.2, 0) is 9.59 Å². The van der Waals surface area contributed by atoms with Crippen LogP contribution in [0.15, 0.2) is 18.2 Å². The number of benzene rings is 1. The topological polar surface area (TPSA) is 43.9 Å². The van der Waals surface area contributed by atoms with Gasteiger partial charge in [0.25, 0.3) is 0 Å². The van der Waals surface area contributed by atoms with E-state index in [4.69, 9.17) is 0 Å². The molecule has 1 aromatic carbocycles. The number of carbonyl (C=O) groups is 2. The highest BCUT2D eigenvalue weighted by atomic mass is 16.2. The van der Waals surface area contributed by atoms with Gasteiger partial charge in [0.2, 0.25) is 11.8 Å². The van der Waals surface area contributed by atoms with Gasteiger partial charge in [-0.1, -0.05) is 6.07 Å². The molecule has 5 heteroatoms. The Morgan fingerprint density at radius 2 is 1.54 bits per heavy atom. The summed E-state index contributed by atoms with van der Waals surface area (Å²) in [4.78, 5) is 29.5. The smallest absolute Gasteiger partial charge is 0.229 e. The number of piperazine rings is 1. The number of amides is 2. The molecule has 0 saturated carbocycles. The molecule has 0 spiro atoms. The monoisotopic (exact) mass is 329 g/mol. The molecule has 2 fully saturated rings. The van der Waals surface area contributed by atoms with Gasteiger partial charge in [-0.15, -0.1) is 0 Å². The highest BCUT2D eigenvalue weighted by Gasteiger charge is 2.28. The fourth-order valence-electron chi connectivity index (χ4n) is 3.48. The summed E-state index contributed by atoms with van der Waals surface area (Å²) in [6.07, 6.45) is 1.67. The zero-order valence-corrected chi connectivity index (χ0v) is 14.8. The molecule has 3 rings (SSSR count). The molecule has 1 aromatic rings. The first-order valence-electron chi connectivity index (χ1n) is 8.92. The van der Waals surface area contributed by atoms with Crippen LogP contribution in [0.1, 0.15) is 30.4 Å². The van der Waals surface area contributed by atoms with Crippen molar-refractivity contribution in [2.45, 2.75) is 33.1 Å². The number of rotatable bonds is 5. The molecular weight excluding hydrogens is 302 g/mol. The van der Waals surface area contributed by atoms with Crippen molar-refractivity contribution in [2.75, 3.05) is 44.2 Å². The van der Waals surface area contributed by atoms with E-state index in [2.05, 4.69) is 41.8 Å². The molecule has 130 valence electrons. The lowest BCUT2D eigenvalue weighted by atomic mass is 10.1. The third-order valence-electron chi connectivity index (χ3n) is 5.24. The van der Waals surface area contributed by atoms with Crippen molar-refractivity contribution in [3.8, 4) is 0 Å². The number of nitrogens with zero attached hydrogens (tertiary/aromatic N) is 3. The van der Waals surface area contributed by atoms with Gasteiger partial charge in [-0.25, -0.2) is 0 Å². The van der Waals surface area contributed by atoms with Gasteiger partial charge in [0.05, 0.1) is 0 Å². The lowest BCUT2D eigenvalue weighted by Crippen LogP contribution is -2.47. The van der Waals surface area contributed by atoms with E-state index in [9.17, 15) is 9.59 Å². The van der Waals surface area contributed by atoms with Crippen LogP contribution in [0.5, 0.6) is 0 Å². The Hall–Kier alpha value is -1.88. The van der Waals surface area contributed by atoms with E-state index < -0.39 is 0 Å². The van der Waals surface area contributed by atoms with E-state index >= 15 is 0 Å². The number of likely N-dealkylation sites (tertiary alicyclic amines) is 1. The number of carbonyl (C=O) groups excluding carboxylic acids is 2. The van der Waals surface area contributed by atoms with Crippen LogP contribution in [-0.4, -0.2) is 60.9 Å². The van der Waals surface area contributed by atoms with Crippen LogP contribution < -0.4 is 4.90 Å². The molecule has 5 nitrogen and oxygen atoms in total. The summed E-state index contributed by atoms with van der Waals surface area (Å²) in [5, 5.41) is 0. The Balaban J connectivity index is 1.43. The van der Waals surface area contributed by atoms with Crippen LogP contribution >= 0.6 is 0 Å². The highest BCUT2D eigenvalue weighted by Crippen LogP contribution is 2.20. The molecule has 0 unspecified atom stereocenters. The van der Waals surface area contributed by atoms with Gasteiger partial charge in [0, 0.05) is 51.3 Å². The van der Waals surface area contributed by atoms with Crippen LogP contribution in [0.4, 0.5) is 5.69 Å². The average molecular weight is 329 g/mol. The maximum Gasteiger partial charge on any atom is 0.229 e. The zero-order chi connectivity index (χ0) is 17.1. The SMILES string of the molecule is Cc1ccc(N2CCN(CCCN3C(=O)CCC3=O)CC2)cc1C. The van der Waals surface area contributed by atoms with E-state index in [1.54, 1.807) is 0 Å². The second-order valence-electron chi connectivity index (χ2n) is 6.89. The standard InChI is InChI=1S/C19H27N3O2/c1-15-4-5-17(14-16(15)2)21-12-10-20(11-13-21)8-3-9-22-18(23)6-7-19(22)24/h4-5,14H,3,6-13H2,1-2H3. The van der Waals surface area contributed by atoms with Crippen molar-refractivity contribution < 1.29 is 9.59 Å². The van der Waals surface area contributed by atoms with E-state index in [1.807, 2.05) is 0 Å². The van der Waals surface area contributed by atoms with E-state index in [0.717, 1.165) is 39.1 Å². The lowest BCUT2D eigenvalue weighted by Gasteiger charge is -2.36. The first-order chi connectivity index (χ1) is 11.5. The molecule has 0 atom stereocenters. The fourth-order valence-corrected chi connectivity index (χ4v) is 3.48.